The molecule has 0 saturated heterocycles. The van der Waals surface area contributed by atoms with Gasteiger partial charge in [0.15, 0.2) is 0 Å². The molecule has 0 unspecified atom stereocenters. The standard InChI is InChI=1S/C8H14P/c1-3-5-7-9-8-6-4-2/h5-8H,3-4H2,1-2H3. The molecule has 0 heterocycles. The number of hydrogen-bond donors (Lipinski definition) is 0. The van der Waals surface area contributed by atoms with Gasteiger partial charge in [-0.25, -0.2) is 0 Å². The lowest BCUT2D eigenvalue weighted by Crippen LogP contribution is -1.48. The van der Waals surface area contributed by atoms with Crippen LogP contribution in [0.4, 0.5) is 0 Å². The van der Waals surface area contributed by atoms with Crippen LogP contribution >= 0.6 is 8.58 Å². The zero-order valence-electron chi connectivity index (χ0n) is 6.17. The fourth-order valence-electron chi connectivity index (χ4n) is 0.382. The van der Waals surface area contributed by atoms with E-state index in [4.69, 9.17) is 0 Å². The SMILES string of the molecule is CCC=C[P]C=CCC. The van der Waals surface area contributed by atoms with Gasteiger partial charge < -0.3 is 0 Å². The summed E-state index contributed by atoms with van der Waals surface area (Å²) >= 11 is 0. The smallest absolute Gasteiger partial charge is 0.0267 e. The van der Waals surface area contributed by atoms with Crippen LogP contribution < -0.4 is 0 Å². The highest BCUT2D eigenvalue weighted by Crippen LogP contribution is 2.13. The molecule has 0 aromatic heterocycles. The fraction of sp³-hybridized carbons (Fsp3) is 0.500. The van der Waals surface area contributed by atoms with E-state index in [1.54, 1.807) is 0 Å². The fourth-order valence-corrected chi connectivity index (χ4v) is 1.15. The average molecular weight is 141 g/mol. The summed E-state index contributed by atoms with van der Waals surface area (Å²) in [5, 5.41) is 0. The molecule has 0 atom stereocenters. The summed E-state index contributed by atoms with van der Waals surface area (Å²) < 4.78 is 0. The molecular formula is C8H14P. The molecule has 0 aliphatic rings. The Balaban J connectivity index is 3.08. The zero-order chi connectivity index (χ0) is 6.95. The summed E-state index contributed by atoms with van der Waals surface area (Å²) in [6, 6.07) is 0. The van der Waals surface area contributed by atoms with Crippen molar-refractivity contribution in [3.63, 3.8) is 0 Å². The lowest BCUT2D eigenvalue weighted by atomic mass is 10.5. The Kier molecular flexibility index (Phi) is 7.83. The predicted octanol–water partition coefficient (Wildman–Crippen LogP) is 3.78. The molecule has 51 valence electrons. The number of allylic oxidation sites excluding steroid dienone is 2. The molecule has 0 aliphatic carbocycles. The van der Waals surface area contributed by atoms with Crippen LogP contribution in [0.3, 0.4) is 0 Å². The molecule has 1 radical (unpaired) electrons. The Labute approximate surface area is 59.8 Å². The minimum atomic E-state index is 1.15. The Morgan fingerprint density at radius 1 is 1.00 bits per heavy atom. The van der Waals surface area contributed by atoms with Crippen molar-refractivity contribution in [2.24, 2.45) is 0 Å². The van der Waals surface area contributed by atoms with Gasteiger partial charge in [-0.1, -0.05) is 37.6 Å². The van der Waals surface area contributed by atoms with Crippen molar-refractivity contribution < 1.29 is 0 Å². The first kappa shape index (κ1) is 8.91. The lowest BCUT2D eigenvalue weighted by molar-refractivity contribution is 1.23. The summed E-state index contributed by atoms with van der Waals surface area (Å²) in [4.78, 5) is 0. The second-order valence-electron chi connectivity index (χ2n) is 1.74. The van der Waals surface area contributed by atoms with Crippen molar-refractivity contribution in [3.05, 3.63) is 23.8 Å². The predicted molar refractivity (Wildman–Crippen MR) is 45.8 cm³/mol. The van der Waals surface area contributed by atoms with Crippen LogP contribution in [-0.2, 0) is 0 Å². The van der Waals surface area contributed by atoms with E-state index in [-0.39, 0.29) is 0 Å². The van der Waals surface area contributed by atoms with Crippen LogP contribution in [0.1, 0.15) is 26.7 Å². The monoisotopic (exact) mass is 141 g/mol. The first-order chi connectivity index (χ1) is 4.41. The number of hydrogen-bond acceptors (Lipinski definition) is 0. The summed E-state index contributed by atoms with van der Waals surface area (Å²) in [5.74, 6) is 4.35. The summed E-state index contributed by atoms with van der Waals surface area (Å²) in [5.41, 5.74) is 0. The van der Waals surface area contributed by atoms with Gasteiger partial charge in [0.25, 0.3) is 0 Å². The quantitative estimate of drug-likeness (QED) is 0.522. The third-order valence-corrected chi connectivity index (χ3v) is 1.62. The minimum absolute atomic E-state index is 1.15. The summed E-state index contributed by atoms with van der Waals surface area (Å²) in [6.45, 7) is 4.30. The van der Waals surface area contributed by atoms with E-state index in [1.165, 1.54) is 8.58 Å². The normalized spacial score (nSPS) is 13.1. The van der Waals surface area contributed by atoms with Crippen LogP contribution in [0, 0.1) is 0 Å². The average Bonchev–Trinajstić information content (AvgIpc) is 1.89. The van der Waals surface area contributed by atoms with E-state index < -0.39 is 0 Å². The first-order valence-corrected chi connectivity index (χ1v) is 4.45. The van der Waals surface area contributed by atoms with E-state index >= 15 is 0 Å². The van der Waals surface area contributed by atoms with E-state index in [0.29, 0.717) is 0 Å². The van der Waals surface area contributed by atoms with Crippen LogP contribution in [0.2, 0.25) is 0 Å². The van der Waals surface area contributed by atoms with E-state index in [0.717, 1.165) is 12.8 Å². The van der Waals surface area contributed by atoms with Gasteiger partial charge in [0.05, 0.1) is 0 Å². The third kappa shape index (κ3) is 7.91. The Morgan fingerprint density at radius 2 is 1.44 bits per heavy atom. The van der Waals surface area contributed by atoms with Crippen LogP contribution in [-0.4, -0.2) is 0 Å². The Bertz CT molecular complexity index is 80.7. The van der Waals surface area contributed by atoms with Gasteiger partial charge in [-0.05, 0) is 21.4 Å². The van der Waals surface area contributed by atoms with Crippen LogP contribution in [0.15, 0.2) is 23.8 Å². The van der Waals surface area contributed by atoms with Crippen molar-refractivity contribution in [1.29, 1.82) is 0 Å². The van der Waals surface area contributed by atoms with Crippen molar-refractivity contribution in [2.75, 3.05) is 0 Å². The van der Waals surface area contributed by atoms with Crippen LogP contribution in [0.5, 0.6) is 0 Å². The third-order valence-electron chi connectivity index (χ3n) is 0.854. The molecule has 0 fully saturated rings. The highest BCUT2D eigenvalue weighted by atomic mass is 31.1. The van der Waals surface area contributed by atoms with Gasteiger partial charge in [0.2, 0.25) is 0 Å². The topological polar surface area (TPSA) is 0 Å². The summed E-state index contributed by atoms with van der Waals surface area (Å²) in [6.07, 6.45) is 6.66. The molecule has 9 heavy (non-hydrogen) atoms. The van der Waals surface area contributed by atoms with Gasteiger partial charge in [-0.15, -0.1) is 0 Å². The lowest BCUT2D eigenvalue weighted by Gasteiger charge is -1.78. The van der Waals surface area contributed by atoms with Gasteiger partial charge in [-0.2, -0.15) is 0 Å². The molecule has 0 aliphatic heterocycles. The molecule has 0 N–H and O–H groups in total. The van der Waals surface area contributed by atoms with Gasteiger partial charge >= 0.3 is 0 Å². The molecule has 1 heteroatoms. The maximum atomic E-state index is 2.18. The molecule has 0 spiro atoms. The molecule has 0 bridgehead atoms. The minimum Gasteiger partial charge on any atom is -0.0837 e. The molecule has 0 nitrogen and oxygen atoms in total. The largest absolute Gasteiger partial charge is 0.0837 e. The van der Waals surface area contributed by atoms with E-state index in [2.05, 4.69) is 37.6 Å². The van der Waals surface area contributed by atoms with Gasteiger partial charge in [0, 0.05) is 0 Å². The van der Waals surface area contributed by atoms with Crippen molar-refractivity contribution in [2.45, 2.75) is 26.7 Å². The molecule has 0 rings (SSSR count). The molecule has 0 saturated carbocycles. The first-order valence-electron chi connectivity index (χ1n) is 3.41. The highest BCUT2D eigenvalue weighted by molar-refractivity contribution is 7.45. The van der Waals surface area contributed by atoms with Crippen molar-refractivity contribution in [3.8, 4) is 0 Å². The molecule has 0 aromatic rings. The molecule has 0 aromatic carbocycles. The second kappa shape index (κ2) is 7.91. The molecule has 0 amide bonds. The maximum Gasteiger partial charge on any atom is -0.0267 e. The second-order valence-corrected chi connectivity index (χ2v) is 2.63. The zero-order valence-corrected chi connectivity index (χ0v) is 7.07. The van der Waals surface area contributed by atoms with Crippen LogP contribution in [0.25, 0.3) is 0 Å². The number of rotatable bonds is 4. The van der Waals surface area contributed by atoms with E-state index in [9.17, 15) is 0 Å². The van der Waals surface area contributed by atoms with Crippen molar-refractivity contribution >= 4 is 8.58 Å². The Morgan fingerprint density at radius 3 is 1.78 bits per heavy atom. The van der Waals surface area contributed by atoms with E-state index in [1.807, 2.05) is 0 Å². The summed E-state index contributed by atoms with van der Waals surface area (Å²) in [7, 11) is 1.31. The highest BCUT2D eigenvalue weighted by Gasteiger charge is 1.68. The maximum absolute atomic E-state index is 2.18. The van der Waals surface area contributed by atoms with Crippen molar-refractivity contribution in [1.82, 2.24) is 0 Å². The van der Waals surface area contributed by atoms with Gasteiger partial charge in [-0.3, -0.25) is 0 Å². The molecular weight excluding hydrogens is 127 g/mol. The van der Waals surface area contributed by atoms with Gasteiger partial charge in [0.1, 0.15) is 0 Å². The Hall–Kier alpha value is -0.0900.